The first kappa shape index (κ1) is 18.6. The number of thioether (sulfide) groups is 2. The van der Waals surface area contributed by atoms with E-state index in [0.717, 1.165) is 41.4 Å². The van der Waals surface area contributed by atoms with E-state index in [4.69, 9.17) is 5.73 Å². The first-order valence-electron chi connectivity index (χ1n) is 9.14. The van der Waals surface area contributed by atoms with E-state index in [-0.39, 0.29) is 28.4 Å². The molecule has 9 heteroatoms. The molecule has 5 rings (SSSR count). The highest BCUT2D eigenvalue weighted by atomic mass is 32.2. The topological polar surface area (TPSA) is 98.0 Å². The van der Waals surface area contributed by atoms with Gasteiger partial charge in [0.15, 0.2) is 8.68 Å². The van der Waals surface area contributed by atoms with Gasteiger partial charge in [0.2, 0.25) is 11.8 Å². The van der Waals surface area contributed by atoms with Gasteiger partial charge in [0, 0.05) is 5.54 Å². The highest BCUT2D eigenvalue weighted by molar-refractivity contribution is 8.04. The Morgan fingerprint density at radius 2 is 1.77 bits per heavy atom. The lowest BCUT2D eigenvalue weighted by Crippen LogP contribution is -2.60. The fourth-order valence-corrected chi connectivity index (χ4v) is 8.17. The Morgan fingerprint density at radius 1 is 1.19 bits per heavy atom. The molecule has 4 aliphatic carbocycles. The van der Waals surface area contributed by atoms with Crippen molar-refractivity contribution in [3.8, 4) is 0 Å². The predicted octanol–water partition coefficient (Wildman–Crippen LogP) is 2.68. The van der Waals surface area contributed by atoms with Crippen LogP contribution in [0.1, 0.15) is 45.4 Å². The van der Waals surface area contributed by atoms with Crippen LogP contribution in [0.15, 0.2) is 8.68 Å². The molecule has 0 saturated heterocycles. The van der Waals surface area contributed by atoms with Gasteiger partial charge in [-0.1, -0.05) is 34.9 Å². The number of amides is 2. The third-order valence-corrected chi connectivity index (χ3v) is 9.06. The van der Waals surface area contributed by atoms with E-state index in [1.165, 1.54) is 54.1 Å². The molecule has 1 aromatic heterocycles. The summed E-state index contributed by atoms with van der Waals surface area (Å²) >= 11 is 4.13. The summed E-state index contributed by atoms with van der Waals surface area (Å²) in [6.45, 7) is 1.93. The number of carbonyl (C=O) groups excluding carboxylic acids is 2. The molecular formula is C17H24N4O2S3. The Kier molecular flexibility index (Phi) is 5.22. The lowest BCUT2D eigenvalue weighted by molar-refractivity contribution is -0.126. The minimum Gasteiger partial charge on any atom is -0.369 e. The van der Waals surface area contributed by atoms with Gasteiger partial charge < -0.3 is 11.1 Å². The van der Waals surface area contributed by atoms with Gasteiger partial charge >= 0.3 is 0 Å². The molecule has 0 spiro atoms. The molecule has 4 aliphatic rings. The number of hydrogen-bond donors (Lipinski definition) is 2. The van der Waals surface area contributed by atoms with Gasteiger partial charge in [-0.15, -0.1) is 10.2 Å². The van der Waals surface area contributed by atoms with Crippen LogP contribution in [0.4, 0.5) is 0 Å². The second kappa shape index (κ2) is 7.31. The number of hydrogen-bond acceptors (Lipinski definition) is 7. The highest BCUT2D eigenvalue weighted by Crippen LogP contribution is 2.55. The molecule has 26 heavy (non-hydrogen) atoms. The number of carbonyl (C=O) groups is 2. The summed E-state index contributed by atoms with van der Waals surface area (Å²) in [6.07, 6.45) is 7.60. The molecule has 0 unspecified atom stereocenters. The maximum atomic E-state index is 12.8. The average molecular weight is 413 g/mol. The summed E-state index contributed by atoms with van der Waals surface area (Å²) in [5.41, 5.74) is 5.19. The monoisotopic (exact) mass is 412 g/mol. The lowest BCUT2D eigenvalue weighted by atomic mass is 9.53. The van der Waals surface area contributed by atoms with Gasteiger partial charge in [0.05, 0.1) is 11.0 Å². The zero-order valence-electron chi connectivity index (χ0n) is 14.8. The van der Waals surface area contributed by atoms with Crippen molar-refractivity contribution in [1.82, 2.24) is 15.5 Å². The molecule has 3 N–H and O–H groups in total. The van der Waals surface area contributed by atoms with Crippen molar-refractivity contribution >= 4 is 46.7 Å². The van der Waals surface area contributed by atoms with Crippen molar-refractivity contribution in [2.75, 3.05) is 5.75 Å². The van der Waals surface area contributed by atoms with Crippen LogP contribution in [0, 0.1) is 17.8 Å². The Labute approximate surface area is 165 Å². The minimum absolute atomic E-state index is 0.0459. The molecule has 1 heterocycles. The molecule has 6 nitrogen and oxygen atoms in total. The number of rotatable bonds is 7. The molecular weight excluding hydrogens is 388 g/mol. The van der Waals surface area contributed by atoms with E-state index < -0.39 is 0 Å². The SMILES string of the molecule is C[C@@H](Sc1nnc(SCC(N)=O)s1)C(=O)NC12CC3CC(CC(C3)C1)C2. The standard InChI is InChI=1S/C17H24N4O2S3/c1-9(25-16-21-20-15(26-16)24-8-13(18)22)14(23)19-17-5-10-2-11(6-17)4-12(3-10)7-17/h9-12H,2-8H2,1H3,(H2,18,22)(H,19,23)/t9-,10?,11?,12?,17?/m1/s1. The third-order valence-electron chi connectivity index (χ3n) is 5.80. The molecule has 4 bridgehead atoms. The predicted molar refractivity (Wildman–Crippen MR) is 104 cm³/mol. The van der Waals surface area contributed by atoms with Crippen molar-refractivity contribution in [2.45, 2.75) is 64.9 Å². The molecule has 0 aromatic carbocycles. The van der Waals surface area contributed by atoms with E-state index >= 15 is 0 Å². The maximum Gasteiger partial charge on any atom is 0.233 e. The van der Waals surface area contributed by atoms with Crippen LogP contribution in [0.2, 0.25) is 0 Å². The van der Waals surface area contributed by atoms with Crippen molar-refractivity contribution in [3.05, 3.63) is 0 Å². The van der Waals surface area contributed by atoms with Crippen LogP contribution < -0.4 is 11.1 Å². The van der Waals surface area contributed by atoms with Gasteiger partial charge in [0.1, 0.15) is 0 Å². The molecule has 142 valence electrons. The fraction of sp³-hybridized carbons (Fsp3) is 0.765. The van der Waals surface area contributed by atoms with E-state index in [0.29, 0.717) is 4.34 Å². The van der Waals surface area contributed by atoms with Crippen LogP contribution in [0.25, 0.3) is 0 Å². The maximum absolute atomic E-state index is 12.8. The summed E-state index contributed by atoms with van der Waals surface area (Å²) < 4.78 is 1.46. The number of nitrogens with two attached hydrogens (primary N) is 1. The number of primary amides is 1. The van der Waals surface area contributed by atoms with Gasteiger partial charge in [-0.2, -0.15) is 0 Å². The summed E-state index contributed by atoms with van der Waals surface area (Å²) in [7, 11) is 0. The number of nitrogens with zero attached hydrogens (tertiary/aromatic N) is 2. The minimum atomic E-state index is -0.372. The Bertz CT molecular complexity index is 673. The molecule has 4 saturated carbocycles. The van der Waals surface area contributed by atoms with E-state index in [9.17, 15) is 9.59 Å². The summed E-state index contributed by atoms with van der Waals surface area (Å²) in [4.78, 5) is 23.7. The van der Waals surface area contributed by atoms with E-state index in [1.54, 1.807) is 0 Å². The molecule has 0 aliphatic heterocycles. The highest BCUT2D eigenvalue weighted by Gasteiger charge is 2.51. The molecule has 1 atom stereocenters. The van der Waals surface area contributed by atoms with Crippen LogP contribution in [-0.2, 0) is 9.59 Å². The Hall–Kier alpha value is -0.800. The van der Waals surface area contributed by atoms with Crippen molar-refractivity contribution < 1.29 is 9.59 Å². The van der Waals surface area contributed by atoms with Crippen molar-refractivity contribution in [1.29, 1.82) is 0 Å². The zero-order valence-corrected chi connectivity index (χ0v) is 17.2. The first-order chi connectivity index (χ1) is 12.4. The van der Waals surface area contributed by atoms with Crippen LogP contribution in [0.5, 0.6) is 0 Å². The second-order valence-corrected chi connectivity index (χ2v) is 11.8. The zero-order chi connectivity index (χ0) is 18.3. The summed E-state index contributed by atoms with van der Waals surface area (Å²) in [5, 5.41) is 11.4. The largest absolute Gasteiger partial charge is 0.369 e. The molecule has 2 amide bonds. The van der Waals surface area contributed by atoms with Gasteiger partial charge in [-0.25, -0.2) is 0 Å². The molecule has 0 radical (unpaired) electrons. The second-order valence-electron chi connectivity index (χ2n) is 8.04. The molecule has 4 fully saturated rings. The quantitative estimate of drug-likeness (QED) is 0.668. The smallest absolute Gasteiger partial charge is 0.233 e. The van der Waals surface area contributed by atoms with Gasteiger partial charge in [0.25, 0.3) is 0 Å². The number of aromatic nitrogens is 2. The third kappa shape index (κ3) is 4.04. The summed E-state index contributed by atoms with van der Waals surface area (Å²) in [6, 6.07) is 0. The normalized spacial score (nSPS) is 33.2. The summed E-state index contributed by atoms with van der Waals surface area (Å²) in [5.74, 6) is 2.38. The fourth-order valence-electron chi connectivity index (χ4n) is 5.27. The van der Waals surface area contributed by atoms with Gasteiger partial charge in [-0.05, 0) is 63.2 Å². The van der Waals surface area contributed by atoms with Gasteiger partial charge in [-0.3, -0.25) is 9.59 Å². The van der Waals surface area contributed by atoms with Crippen molar-refractivity contribution in [2.24, 2.45) is 23.5 Å². The Morgan fingerprint density at radius 3 is 2.35 bits per heavy atom. The number of nitrogens with one attached hydrogen (secondary N) is 1. The van der Waals surface area contributed by atoms with E-state index in [1.807, 2.05) is 6.92 Å². The van der Waals surface area contributed by atoms with Crippen LogP contribution in [-0.4, -0.2) is 38.6 Å². The first-order valence-corrected chi connectivity index (χ1v) is 11.8. The lowest BCUT2D eigenvalue weighted by Gasteiger charge is -2.57. The Balaban J connectivity index is 1.33. The van der Waals surface area contributed by atoms with Crippen LogP contribution in [0.3, 0.4) is 0 Å². The van der Waals surface area contributed by atoms with Crippen molar-refractivity contribution in [3.63, 3.8) is 0 Å². The van der Waals surface area contributed by atoms with Crippen LogP contribution >= 0.6 is 34.9 Å². The van der Waals surface area contributed by atoms with E-state index in [2.05, 4.69) is 15.5 Å². The average Bonchev–Trinajstić information content (AvgIpc) is 2.98. The molecule has 1 aromatic rings.